The van der Waals surface area contributed by atoms with Crippen molar-refractivity contribution in [2.45, 2.75) is 107 Å². The van der Waals surface area contributed by atoms with E-state index in [1.807, 2.05) is 0 Å². The second-order valence-electron chi connectivity index (χ2n) is 11.8. The van der Waals surface area contributed by atoms with E-state index in [1.165, 1.54) is 38.6 Å². The second kappa shape index (κ2) is 9.25. The van der Waals surface area contributed by atoms with Crippen LogP contribution in [0.1, 0.15) is 101 Å². The lowest BCUT2D eigenvalue weighted by molar-refractivity contribution is 0.157. The van der Waals surface area contributed by atoms with Gasteiger partial charge in [0, 0.05) is 6.04 Å². The van der Waals surface area contributed by atoms with Crippen LogP contribution in [0, 0.1) is 40.4 Å². The Morgan fingerprint density at radius 1 is 0.680 bits per heavy atom. The Balaban J connectivity index is 0.000000251. The van der Waals surface area contributed by atoms with Gasteiger partial charge in [0.05, 0.1) is 0 Å². The molecule has 4 atom stereocenters. The molecule has 25 heavy (non-hydrogen) atoms. The quantitative estimate of drug-likeness (QED) is 0.556. The van der Waals surface area contributed by atoms with Crippen LogP contribution in [0.3, 0.4) is 0 Å². The van der Waals surface area contributed by atoms with Crippen LogP contribution in [-0.4, -0.2) is 12.6 Å². The van der Waals surface area contributed by atoms with E-state index >= 15 is 0 Å². The fourth-order valence-corrected chi connectivity index (χ4v) is 4.60. The minimum Gasteiger partial charge on any atom is -0.313 e. The van der Waals surface area contributed by atoms with Crippen molar-refractivity contribution in [1.29, 1.82) is 0 Å². The van der Waals surface area contributed by atoms with E-state index in [0.29, 0.717) is 10.8 Å². The summed E-state index contributed by atoms with van der Waals surface area (Å²) < 4.78 is 0. The molecule has 0 aromatic heterocycles. The van der Waals surface area contributed by atoms with Gasteiger partial charge in [0.2, 0.25) is 0 Å². The molecule has 1 aliphatic heterocycles. The number of piperidine rings is 1. The molecule has 0 spiro atoms. The monoisotopic (exact) mass is 351 g/mol. The molecule has 1 saturated heterocycles. The summed E-state index contributed by atoms with van der Waals surface area (Å²) in [6.07, 6.45) is 7.17. The zero-order valence-corrected chi connectivity index (χ0v) is 19.2. The van der Waals surface area contributed by atoms with Crippen molar-refractivity contribution < 1.29 is 0 Å². The largest absolute Gasteiger partial charge is 0.313 e. The normalized spacial score (nSPS) is 31.2. The topological polar surface area (TPSA) is 12.0 Å². The van der Waals surface area contributed by atoms with E-state index < -0.39 is 0 Å². The highest BCUT2D eigenvalue weighted by Gasteiger charge is 2.33. The van der Waals surface area contributed by atoms with Gasteiger partial charge in [-0.2, -0.15) is 0 Å². The minimum absolute atomic E-state index is 0.481. The van der Waals surface area contributed by atoms with E-state index in [1.54, 1.807) is 0 Å². The maximum atomic E-state index is 3.68. The van der Waals surface area contributed by atoms with Crippen LogP contribution >= 0.6 is 0 Å². The van der Waals surface area contributed by atoms with E-state index in [4.69, 9.17) is 0 Å². The summed E-state index contributed by atoms with van der Waals surface area (Å²) in [7, 11) is 0. The molecule has 1 nitrogen and oxygen atoms in total. The van der Waals surface area contributed by atoms with Crippen LogP contribution in [0.2, 0.25) is 0 Å². The second-order valence-corrected chi connectivity index (χ2v) is 11.8. The molecule has 2 aliphatic rings. The molecule has 150 valence electrons. The van der Waals surface area contributed by atoms with Gasteiger partial charge >= 0.3 is 0 Å². The molecule has 1 heteroatoms. The molecule has 1 N–H and O–H groups in total. The van der Waals surface area contributed by atoms with Crippen molar-refractivity contribution in [3.8, 4) is 0 Å². The fraction of sp³-hybridized carbons (Fsp3) is 1.00. The Morgan fingerprint density at radius 3 is 1.48 bits per heavy atom. The van der Waals surface area contributed by atoms with Crippen molar-refractivity contribution in [2.24, 2.45) is 40.4 Å². The van der Waals surface area contributed by atoms with Crippen LogP contribution in [-0.2, 0) is 0 Å². The minimum atomic E-state index is 0.481. The molecule has 1 heterocycles. The number of hydrogen-bond donors (Lipinski definition) is 1. The van der Waals surface area contributed by atoms with Gasteiger partial charge in [0.1, 0.15) is 0 Å². The van der Waals surface area contributed by atoms with E-state index in [2.05, 4.69) is 74.6 Å². The summed E-state index contributed by atoms with van der Waals surface area (Å²) in [5, 5.41) is 3.68. The zero-order chi connectivity index (χ0) is 19.4. The number of hydrogen-bond acceptors (Lipinski definition) is 1. The van der Waals surface area contributed by atoms with Crippen molar-refractivity contribution in [3.05, 3.63) is 0 Å². The first-order valence-electron chi connectivity index (χ1n) is 11.1. The SMILES string of the molecule is CC(C)C1CCC(C(C)(C)C)C1.CC(C)C1CCC(C(C)(C)C)CN1. The summed E-state index contributed by atoms with van der Waals surface area (Å²) in [5.74, 6) is 4.54. The molecule has 2 fully saturated rings. The van der Waals surface area contributed by atoms with Crippen LogP contribution < -0.4 is 5.32 Å². The Morgan fingerprint density at radius 2 is 1.20 bits per heavy atom. The highest BCUT2D eigenvalue weighted by atomic mass is 14.9. The van der Waals surface area contributed by atoms with Gasteiger partial charge in [-0.05, 0) is 79.1 Å². The van der Waals surface area contributed by atoms with Crippen LogP contribution in [0.25, 0.3) is 0 Å². The standard InChI is InChI=1S/C12H25N.C12H24/c1-9(2)11-7-6-10(8-13-11)12(3,4)5;1-9(2)10-6-7-11(8-10)12(3,4)5/h9-11,13H,6-8H2,1-5H3;9-11H,6-8H2,1-5H3. The summed E-state index contributed by atoms with van der Waals surface area (Å²) in [6.45, 7) is 24.8. The first-order chi connectivity index (χ1) is 11.3. The third-order valence-electron chi connectivity index (χ3n) is 7.12. The van der Waals surface area contributed by atoms with Gasteiger partial charge in [-0.25, -0.2) is 0 Å². The maximum absolute atomic E-state index is 3.68. The lowest BCUT2D eigenvalue weighted by atomic mass is 9.74. The van der Waals surface area contributed by atoms with Gasteiger partial charge in [-0.15, -0.1) is 0 Å². The summed E-state index contributed by atoms with van der Waals surface area (Å²) in [6, 6.07) is 0.763. The molecule has 0 radical (unpaired) electrons. The molecule has 2 rings (SSSR count). The summed E-state index contributed by atoms with van der Waals surface area (Å²) >= 11 is 0. The predicted octanol–water partition coefficient (Wildman–Crippen LogP) is 7.16. The van der Waals surface area contributed by atoms with E-state index in [0.717, 1.165) is 35.6 Å². The smallest absolute Gasteiger partial charge is 0.00902 e. The number of nitrogens with one attached hydrogen (secondary N) is 1. The predicted molar refractivity (Wildman–Crippen MR) is 114 cm³/mol. The average molecular weight is 352 g/mol. The molecule has 0 bridgehead atoms. The summed E-state index contributed by atoms with van der Waals surface area (Å²) in [5.41, 5.74) is 1.03. The van der Waals surface area contributed by atoms with Crippen molar-refractivity contribution >= 4 is 0 Å². The summed E-state index contributed by atoms with van der Waals surface area (Å²) in [4.78, 5) is 0. The lowest BCUT2D eigenvalue weighted by Crippen LogP contribution is -2.45. The highest BCUT2D eigenvalue weighted by molar-refractivity contribution is 4.85. The van der Waals surface area contributed by atoms with Gasteiger partial charge < -0.3 is 5.32 Å². The molecule has 1 saturated carbocycles. The average Bonchev–Trinajstić information content (AvgIpc) is 2.97. The van der Waals surface area contributed by atoms with Crippen molar-refractivity contribution in [1.82, 2.24) is 5.32 Å². The molecular formula is C24H49N. The fourth-order valence-electron chi connectivity index (χ4n) is 4.60. The van der Waals surface area contributed by atoms with Crippen LogP contribution in [0.5, 0.6) is 0 Å². The molecule has 1 aliphatic carbocycles. The molecule has 0 amide bonds. The van der Waals surface area contributed by atoms with E-state index in [-0.39, 0.29) is 0 Å². The van der Waals surface area contributed by atoms with Crippen molar-refractivity contribution in [2.75, 3.05) is 6.54 Å². The van der Waals surface area contributed by atoms with Gasteiger partial charge in [0.25, 0.3) is 0 Å². The zero-order valence-electron chi connectivity index (χ0n) is 19.2. The molecular weight excluding hydrogens is 302 g/mol. The van der Waals surface area contributed by atoms with Crippen LogP contribution in [0.15, 0.2) is 0 Å². The molecule has 4 unspecified atom stereocenters. The molecule has 0 aromatic carbocycles. The Labute approximate surface area is 160 Å². The molecule has 0 aromatic rings. The van der Waals surface area contributed by atoms with Gasteiger partial charge in [-0.3, -0.25) is 0 Å². The lowest BCUT2D eigenvalue weighted by Gasteiger charge is -2.39. The first kappa shape index (κ1) is 23.0. The van der Waals surface area contributed by atoms with E-state index in [9.17, 15) is 0 Å². The first-order valence-corrected chi connectivity index (χ1v) is 11.1. The third-order valence-corrected chi connectivity index (χ3v) is 7.12. The van der Waals surface area contributed by atoms with Crippen molar-refractivity contribution in [3.63, 3.8) is 0 Å². The Hall–Kier alpha value is -0.0400. The maximum Gasteiger partial charge on any atom is 0.00902 e. The third kappa shape index (κ3) is 7.61. The Bertz CT molecular complexity index is 361. The van der Waals surface area contributed by atoms with Crippen LogP contribution in [0.4, 0.5) is 0 Å². The van der Waals surface area contributed by atoms with Gasteiger partial charge in [-0.1, -0.05) is 69.2 Å². The van der Waals surface area contributed by atoms with Gasteiger partial charge in [0.15, 0.2) is 0 Å². The Kier molecular flexibility index (Phi) is 8.51. The highest BCUT2D eigenvalue weighted by Crippen LogP contribution is 2.44. The number of rotatable bonds is 2.